The van der Waals surface area contributed by atoms with E-state index in [-0.39, 0.29) is 17.9 Å². The number of ether oxygens (including phenoxy) is 3. The van der Waals surface area contributed by atoms with E-state index in [2.05, 4.69) is 17.4 Å². The van der Waals surface area contributed by atoms with Gasteiger partial charge in [-0.2, -0.15) is 4.98 Å². The topological polar surface area (TPSA) is 87.5 Å². The van der Waals surface area contributed by atoms with Gasteiger partial charge in [0.1, 0.15) is 18.0 Å². The first-order valence-electron chi connectivity index (χ1n) is 15.9. The van der Waals surface area contributed by atoms with Gasteiger partial charge in [0, 0.05) is 17.9 Å². The SMILES string of the molecule is CCOc1cc(C2C(C(=O)OC3CCCCC3)=C(C)Nc3nc(SCc4ccccc4F)nn32)ccc1OCCc1ccccc1. The Morgan fingerprint density at radius 3 is 2.57 bits per heavy atom. The lowest BCUT2D eigenvalue weighted by Gasteiger charge is -2.30. The third-order valence-corrected chi connectivity index (χ3v) is 9.15. The second-order valence-electron chi connectivity index (χ2n) is 11.5. The fourth-order valence-electron chi connectivity index (χ4n) is 5.93. The fraction of sp³-hybridized carbons (Fsp3) is 0.361. The molecule has 3 aromatic carbocycles. The highest BCUT2D eigenvalue weighted by atomic mass is 32.2. The molecule has 2 heterocycles. The zero-order valence-corrected chi connectivity index (χ0v) is 27.0. The van der Waals surface area contributed by atoms with Gasteiger partial charge in [0.05, 0.1) is 18.8 Å². The summed E-state index contributed by atoms with van der Waals surface area (Å²) in [4.78, 5) is 18.6. The highest BCUT2D eigenvalue weighted by Gasteiger charge is 2.37. The summed E-state index contributed by atoms with van der Waals surface area (Å²) in [5.74, 6) is 1.43. The standard InChI is InChI=1S/C36H39FN4O4S/c1-3-43-31-22-26(18-19-30(31)44-21-20-25-12-6-4-7-13-25)33-32(34(42)45-28-15-8-5-9-16-28)24(2)38-35-39-36(40-41(33)35)46-23-27-14-10-11-17-29(27)37/h4,6-7,10-14,17-19,22,28,33H,3,5,8-9,15-16,20-21,23H2,1-2H3,(H,38,39,40). The molecule has 1 N–H and O–H groups in total. The summed E-state index contributed by atoms with van der Waals surface area (Å²) >= 11 is 1.34. The molecule has 1 atom stereocenters. The Labute approximate surface area is 273 Å². The third-order valence-electron chi connectivity index (χ3n) is 8.27. The lowest BCUT2D eigenvalue weighted by Crippen LogP contribution is -2.32. The van der Waals surface area contributed by atoms with Crippen LogP contribution < -0.4 is 14.8 Å². The number of aromatic nitrogens is 3. The Balaban J connectivity index is 1.31. The first-order valence-corrected chi connectivity index (χ1v) is 16.9. The van der Waals surface area contributed by atoms with Crippen LogP contribution in [0.2, 0.25) is 0 Å². The number of carbonyl (C=O) groups is 1. The number of rotatable bonds is 12. The van der Waals surface area contributed by atoms with Crippen molar-refractivity contribution in [1.82, 2.24) is 14.8 Å². The molecule has 2 aliphatic rings. The maximum absolute atomic E-state index is 14.3. The van der Waals surface area contributed by atoms with Gasteiger partial charge < -0.3 is 19.5 Å². The first-order chi connectivity index (χ1) is 22.5. The molecule has 1 saturated carbocycles. The van der Waals surface area contributed by atoms with Crippen LogP contribution >= 0.6 is 11.8 Å². The highest BCUT2D eigenvalue weighted by Crippen LogP contribution is 2.40. The maximum Gasteiger partial charge on any atom is 0.338 e. The van der Waals surface area contributed by atoms with E-state index in [0.717, 1.165) is 44.1 Å². The van der Waals surface area contributed by atoms with E-state index < -0.39 is 6.04 Å². The smallest absolute Gasteiger partial charge is 0.338 e. The van der Waals surface area contributed by atoms with Gasteiger partial charge in [0.15, 0.2) is 11.5 Å². The molecule has 1 unspecified atom stereocenters. The van der Waals surface area contributed by atoms with Crippen molar-refractivity contribution in [1.29, 1.82) is 0 Å². The molecule has 1 aliphatic heterocycles. The quantitative estimate of drug-likeness (QED) is 0.123. The van der Waals surface area contributed by atoms with Gasteiger partial charge in [-0.1, -0.05) is 72.8 Å². The van der Waals surface area contributed by atoms with Gasteiger partial charge in [0.25, 0.3) is 0 Å². The number of hydrogen-bond donors (Lipinski definition) is 1. The minimum Gasteiger partial charge on any atom is -0.490 e. The number of benzene rings is 3. The minimum atomic E-state index is -0.625. The summed E-state index contributed by atoms with van der Waals surface area (Å²) in [5, 5.41) is 8.56. The molecule has 46 heavy (non-hydrogen) atoms. The van der Waals surface area contributed by atoms with Crippen LogP contribution in [0.1, 0.15) is 68.7 Å². The Bertz CT molecular complexity index is 1690. The third kappa shape index (κ3) is 7.39. The van der Waals surface area contributed by atoms with Crippen molar-refractivity contribution < 1.29 is 23.4 Å². The minimum absolute atomic E-state index is 0.106. The van der Waals surface area contributed by atoms with Crippen molar-refractivity contribution in [3.63, 3.8) is 0 Å². The molecule has 8 nitrogen and oxygen atoms in total. The van der Waals surface area contributed by atoms with Crippen LogP contribution in [-0.2, 0) is 21.7 Å². The molecule has 0 amide bonds. The van der Waals surface area contributed by atoms with Gasteiger partial charge in [-0.05, 0) is 74.4 Å². The predicted molar refractivity (Wildman–Crippen MR) is 177 cm³/mol. The van der Waals surface area contributed by atoms with Crippen molar-refractivity contribution in [2.45, 2.75) is 75.4 Å². The van der Waals surface area contributed by atoms with Crippen LogP contribution in [0.3, 0.4) is 0 Å². The molecular weight excluding hydrogens is 603 g/mol. The second kappa shape index (κ2) is 14.9. The highest BCUT2D eigenvalue weighted by molar-refractivity contribution is 7.98. The predicted octanol–water partition coefficient (Wildman–Crippen LogP) is 7.89. The van der Waals surface area contributed by atoms with Crippen molar-refractivity contribution in [3.8, 4) is 11.5 Å². The van der Waals surface area contributed by atoms with E-state index in [1.54, 1.807) is 16.8 Å². The number of esters is 1. The van der Waals surface area contributed by atoms with Gasteiger partial charge in [-0.15, -0.1) is 5.10 Å². The van der Waals surface area contributed by atoms with E-state index in [0.29, 0.717) is 58.4 Å². The van der Waals surface area contributed by atoms with Crippen LogP contribution in [0.5, 0.6) is 11.5 Å². The molecule has 4 aromatic rings. The van der Waals surface area contributed by atoms with Crippen LogP contribution in [0.25, 0.3) is 0 Å². The van der Waals surface area contributed by atoms with Crippen molar-refractivity contribution in [3.05, 3.63) is 107 Å². The summed E-state index contributed by atoms with van der Waals surface area (Å²) in [5.41, 5.74) is 3.66. The van der Waals surface area contributed by atoms with Crippen molar-refractivity contribution in [2.75, 3.05) is 18.5 Å². The number of nitrogens with one attached hydrogen (secondary N) is 1. The number of allylic oxidation sites excluding steroid dienone is 1. The van der Waals surface area contributed by atoms with Crippen molar-refractivity contribution >= 4 is 23.7 Å². The number of halogens is 1. The van der Waals surface area contributed by atoms with E-state index in [4.69, 9.17) is 24.3 Å². The molecule has 0 saturated heterocycles. The normalized spacial score (nSPS) is 16.5. The summed E-state index contributed by atoms with van der Waals surface area (Å²) in [6, 6.07) is 22.0. The van der Waals surface area contributed by atoms with Gasteiger partial charge in [-0.3, -0.25) is 0 Å². The molecule has 240 valence electrons. The lowest BCUT2D eigenvalue weighted by atomic mass is 9.94. The molecular formula is C36H39FN4O4S. The number of thioether (sulfide) groups is 1. The average molecular weight is 643 g/mol. The van der Waals surface area contributed by atoms with Crippen molar-refractivity contribution in [2.24, 2.45) is 0 Å². The first kappa shape index (κ1) is 31.7. The largest absolute Gasteiger partial charge is 0.490 e. The molecule has 1 aliphatic carbocycles. The van der Waals surface area contributed by atoms with E-state index in [1.165, 1.54) is 23.4 Å². The molecule has 6 rings (SSSR count). The fourth-order valence-corrected chi connectivity index (χ4v) is 6.74. The molecule has 10 heteroatoms. The van der Waals surface area contributed by atoms with Crippen LogP contribution in [0, 0.1) is 5.82 Å². The average Bonchev–Trinajstić information content (AvgIpc) is 3.47. The zero-order chi connectivity index (χ0) is 31.9. The van der Waals surface area contributed by atoms with E-state index in [9.17, 15) is 9.18 Å². The number of anilines is 1. The molecule has 1 fully saturated rings. The zero-order valence-electron chi connectivity index (χ0n) is 26.2. The molecule has 0 spiro atoms. The van der Waals surface area contributed by atoms with Crippen LogP contribution in [-0.4, -0.2) is 40.1 Å². The number of carbonyl (C=O) groups excluding carboxylic acids is 1. The summed E-state index contributed by atoms with van der Waals surface area (Å²) < 4.78 is 34.4. The van der Waals surface area contributed by atoms with Crippen LogP contribution in [0.15, 0.2) is 89.2 Å². The Hall–Kier alpha value is -4.31. The molecule has 1 aromatic heterocycles. The monoisotopic (exact) mass is 642 g/mol. The molecule has 0 bridgehead atoms. The number of fused-ring (bicyclic) bond motifs is 1. The van der Waals surface area contributed by atoms with E-state index >= 15 is 0 Å². The van der Waals surface area contributed by atoms with Crippen LogP contribution in [0.4, 0.5) is 10.3 Å². The van der Waals surface area contributed by atoms with Gasteiger partial charge >= 0.3 is 5.97 Å². The Morgan fingerprint density at radius 2 is 1.78 bits per heavy atom. The number of nitrogens with zero attached hydrogens (tertiary/aromatic N) is 3. The van der Waals surface area contributed by atoms with E-state index in [1.807, 2.05) is 56.3 Å². The second-order valence-corrected chi connectivity index (χ2v) is 12.4. The summed E-state index contributed by atoms with van der Waals surface area (Å²) in [7, 11) is 0. The summed E-state index contributed by atoms with van der Waals surface area (Å²) in [6.07, 6.45) is 5.65. The Morgan fingerprint density at radius 1 is 1.00 bits per heavy atom. The number of hydrogen-bond acceptors (Lipinski definition) is 8. The lowest BCUT2D eigenvalue weighted by molar-refractivity contribution is -0.146. The van der Waals surface area contributed by atoms with Gasteiger partial charge in [0.2, 0.25) is 11.1 Å². The Kier molecular flexibility index (Phi) is 10.2. The van der Waals surface area contributed by atoms with Gasteiger partial charge in [-0.25, -0.2) is 13.9 Å². The maximum atomic E-state index is 14.3. The molecule has 0 radical (unpaired) electrons. The summed E-state index contributed by atoms with van der Waals surface area (Å²) in [6.45, 7) is 4.72.